The molecule has 2 saturated heterocycles. The summed E-state index contributed by atoms with van der Waals surface area (Å²) in [5, 5.41) is 0. The molecule has 0 aromatic rings. The summed E-state index contributed by atoms with van der Waals surface area (Å²) in [7, 11) is 0. The number of ether oxygens (including phenoxy) is 2. The molecule has 0 radical (unpaired) electrons. The lowest BCUT2D eigenvalue weighted by Gasteiger charge is -2.39. The van der Waals surface area contributed by atoms with Crippen LogP contribution < -0.4 is 0 Å². The summed E-state index contributed by atoms with van der Waals surface area (Å²) in [6.45, 7) is 5.96. The highest BCUT2D eigenvalue weighted by molar-refractivity contribution is 6.12. The minimum atomic E-state index is -0.983. The van der Waals surface area contributed by atoms with Crippen molar-refractivity contribution in [2.75, 3.05) is 6.61 Å². The van der Waals surface area contributed by atoms with Gasteiger partial charge in [-0.1, -0.05) is 19.1 Å². The molecule has 3 unspecified atom stereocenters. The minimum absolute atomic E-state index is 0.0318. The van der Waals surface area contributed by atoms with E-state index in [9.17, 15) is 14.4 Å². The first-order valence-corrected chi connectivity index (χ1v) is 6.50. The molecule has 4 atom stereocenters. The Hall–Kier alpha value is -1.65. The van der Waals surface area contributed by atoms with E-state index in [2.05, 4.69) is 6.58 Å². The summed E-state index contributed by atoms with van der Waals surface area (Å²) in [4.78, 5) is 36.6. The molecular formula is C14H14O5. The molecule has 0 N–H and O–H groups in total. The first-order chi connectivity index (χ1) is 8.89. The number of Topliss-reactive ketones (excluding diaryl/α,β-unsaturated/α-hetero) is 1. The quantitative estimate of drug-likeness (QED) is 0.366. The third kappa shape index (κ3) is 0.813. The van der Waals surface area contributed by atoms with Crippen molar-refractivity contribution < 1.29 is 23.9 Å². The van der Waals surface area contributed by atoms with E-state index in [4.69, 9.17) is 9.47 Å². The van der Waals surface area contributed by atoms with Gasteiger partial charge in [-0.05, 0) is 12.8 Å². The Morgan fingerprint density at radius 3 is 2.79 bits per heavy atom. The van der Waals surface area contributed by atoms with E-state index in [1.54, 1.807) is 0 Å². The highest BCUT2D eigenvalue weighted by atomic mass is 16.6. The van der Waals surface area contributed by atoms with Crippen molar-refractivity contribution in [3.63, 3.8) is 0 Å². The zero-order valence-electron chi connectivity index (χ0n) is 10.7. The van der Waals surface area contributed by atoms with E-state index < -0.39 is 28.3 Å². The monoisotopic (exact) mass is 262 g/mol. The van der Waals surface area contributed by atoms with Crippen LogP contribution in [0.4, 0.5) is 0 Å². The van der Waals surface area contributed by atoms with Gasteiger partial charge in [0, 0.05) is 0 Å². The molecular weight excluding hydrogens is 248 g/mol. The summed E-state index contributed by atoms with van der Waals surface area (Å²) in [5.41, 5.74) is -1.90. The molecule has 2 aliphatic heterocycles. The Balaban J connectivity index is 2.03. The molecule has 0 aromatic heterocycles. The Morgan fingerprint density at radius 2 is 2.05 bits per heavy atom. The molecule has 19 heavy (non-hydrogen) atoms. The Morgan fingerprint density at radius 1 is 1.32 bits per heavy atom. The van der Waals surface area contributed by atoms with Gasteiger partial charge in [0.1, 0.15) is 23.5 Å². The van der Waals surface area contributed by atoms with Crippen molar-refractivity contribution in [3.05, 3.63) is 12.2 Å². The fourth-order valence-electron chi connectivity index (χ4n) is 4.88. The van der Waals surface area contributed by atoms with Gasteiger partial charge in [0.2, 0.25) is 0 Å². The first kappa shape index (κ1) is 11.2. The third-order valence-corrected chi connectivity index (χ3v) is 5.76. The SMILES string of the molecule is C=C1CCC23OC(=O)CC12C(=O)C1C(=O)OC[C@]13C. The molecule has 4 fully saturated rings. The number of rotatable bonds is 0. The third-order valence-electron chi connectivity index (χ3n) is 5.76. The smallest absolute Gasteiger partial charge is 0.317 e. The second-order valence-corrected chi connectivity index (χ2v) is 6.31. The van der Waals surface area contributed by atoms with Gasteiger partial charge >= 0.3 is 11.9 Å². The van der Waals surface area contributed by atoms with Gasteiger partial charge in [-0.25, -0.2) is 0 Å². The number of carbonyl (C=O) groups excluding carboxylic acids is 3. The number of esters is 2. The van der Waals surface area contributed by atoms with Gasteiger partial charge in [0.25, 0.3) is 0 Å². The maximum Gasteiger partial charge on any atom is 0.317 e. The fourth-order valence-corrected chi connectivity index (χ4v) is 4.88. The van der Waals surface area contributed by atoms with E-state index in [-0.39, 0.29) is 24.8 Å². The predicted octanol–water partition coefficient (Wildman–Crippen LogP) is 0.770. The number of hydrogen-bond donors (Lipinski definition) is 0. The highest BCUT2D eigenvalue weighted by Crippen LogP contribution is 2.73. The second-order valence-electron chi connectivity index (χ2n) is 6.31. The van der Waals surface area contributed by atoms with E-state index in [1.807, 2.05) is 6.92 Å². The van der Waals surface area contributed by atoms with Crippen molar-refractivity contribution in [1.82, 2.24) is 0 Å². The summed E-state index contributed by atoms with van der Waals surface area (Å²) in [6.07, 6.45) is 1.26. The van der Waals surface area contributed by atoms with Crippen molar-refractivity contribution in [3.8, 4) is 0 Å². The topological polar surface area (TPSA) is 69.7 Å². The van der Waals surface area contributed by atoms with Crippen LogP contribution in [0.3, 0.4) is 0 Å². The summed E-state index contributed by atoms with van der Waals surface area (Å²) in [6, 6.07) is 0. The van der Waals surface area contributed by atoms with E-state index in [0.29, 0.717) is 12.8 Å². The average molecular weight is 262 g/mol. The molecule has 5 nitrogen and oxygen atoms in total. The molecule has 0 amide bonds. The van der Waals surface area contributed by atoms with Crippen LogP contribution in [0, 0.1) is 16.7 Å². The van der Waals surface area contributed by atoms with Gasteiger partial charge in [-0.15, -0.1) is 0 Å². The van der Waals surface area contributed by atoms with Crippen LogP contribution in [0.5, 0.6) is 0 Å². The normalized spacial score (nSPS) is 50.9. The number of carbonyl (C=O) groups is 3. The molecule has 0 bridgehead atoms. The highest BCUT2D eigenvalue weighted by Gasteiger charge is 2.85. The van der Waals surface area contributed by atoms with E-state index in [0.717, 1.165) is 5.57 Å². The van der Waals surface area contributed by atoms with Crippen LogP contribution in [-0.2, 0) is 23.9 Å². The Bertz CT molecular complexity index is 578. The van der Waals surface area contributed by atoms with Crippen LogP contribution in [-0.4, -0.2) is 29.9 Å². The minimum Gasteiger partial charge on any atom is -0.464 e. The summed E-state index contributed by atoms with van der Waals surface area (Å²) in [5.74, 6) is -1.87. The number of ketones is 1. The lowest BCUT2D eigenvalue weighted by molar-refractivity contribution is -0.162. The van der Waals surface area contributed by atoms with Gasteiger partial charge in [-0.2, -0.15) is 0 Å². The van der Waals surface area contributed by atoms with E-state index in [1.165, 1.54) is 0 Å². The van der Waals surface area contributed by atoms with Gasteiger partial charge in [0.05, 0.1) is 11.8 Å². The van der Waals surface area contributed by atoms with Crippen LogP contribution in [0.1, 0.15) is 26.2 Å². The maximum atomic E-state index is 12.8. The maximum absolute atomic E-state index is 12.8. The Kier molecular flexibility index (Phi) is 1.63. The number of cyclic esters (lactones) is 1. The van der Waals surface area contributed by atoms with Crippen molar-refractivity contribution in [2.45, 2.75) is 31.8 Å². The zero-order chi connectivity index (χ0) is 13.6. The summed E-state index contributed by atoms with van der Waals surface area (Å²) >= 11 is 0. The average Bonchev–Trinajstić information content (AvgIpc) is 2.94. The van der Waals surface area contributed by atoms with Gasteiger partial charge < -0.3 is 9.47 Å². The largest absolute Gasteiger partial charge is 0.464 e. The number of hydrogen-bond acceptors (Lipinski definition) is 5. The Labute approximate surface area is 109 Å². The van der Waals surface area contributed by atoms with Gasteiger partial charge in [0.15, 0.2) is 5.78 Å². The van der Waals surface area contributed by atoms with Crippen molar-refractivity contribution in [2.24, 2.45) is 16.7 Å². The van der Waals surface area contributed by atoms with Crippen LogP contribution in [0.25, 0.3) is 0 Å². The number of fused-ring (bicyclic) bond motifs is 1. The standard InChI is InChI=1S/C14H14O5/c1-7-3-4-14-12(2)6-18-11(17)9(12)10(16)13(7,14)5-8(15)19-14/h9H,1,3-6H2,2H3/t9?,12-,13?,14?/m1/s1. The summed E-state index contributed by atoms with van der Waals surface area (Å²) < 4.78 is 10.7. The first-order valence-electron chi connectivity index (χ1n) is 6.50. The predicted molar refractivity (Wildman–Crippen MR) is 61.8 cm³/mol. The lowest BCUT2D eigenvalue weighted by atomic mass is 9.66. The lowest BCUT2D eigenvalue weighted by Crippen LogP contribution is -2.50. The second kappa shape index (κ2) is 2.76. The molecule has 4 rings (SSSR count). The molecule has 5 heteroatoms. The molecule has 2 aliphatic carbocycles. The molecule has 0 spiro atoms. The van der Waals surface area contributed by atoms with Crippen LogP contribution in [0.2, 0.25) is 0 Å². The van der Waals surface area contributed by atoms with E-state index >= 15 is 0 Å². The van der Waals surface area contributed by atoms with Crippen LogP contribution in [0.15, 0.2) is 12.2 Å². The molecule has 2 saturated carbocycles. The van der Waals surface area contributed by atoms with Gasteiger partial charge in [-0.3, -0.25) is 14.4 Å². The molecule has 100 valence electrons. The zero-order valence-corrected chi connectivity index (χ0v) is 10.7. The van der Waals surface area contributed by atoms with Crippen LogP contribution >= 0.6 is 0 Å². The fraction of sp³-hybridized carbons (Fsp3) is 0.643. The molecule has 4 aliphatic rings. The van der Waals surface area contributed by atoms with Crippen molar-refractivity contribution in [1.29, 1.82) is 0 Å². The molecule has 0 aromatic carbocycles. The molecule has 2 heterocycles. The van der Waals surface area contributed by atoms with Crippen molar-refractivity contribution >= 4 is 17.7 Å².